The Labute approximate surface area is 94.0 Å². The molecule has 0 atom stereocenters. The zero-order chi connectivity index (χ0) is 11.5. The molecule has 0 aromatic carbocycles. The molecular weight excluding hydrogens is 212 g/mol. The summed E-state index contributed by atoms with van der Waals surface area (Å²) in [6.07, 6.45) is 4.00. The summed E-state index contributed by atoms with van der Waals surface area (Å²) in [4.78, 5) is 0. The van der Waals surface area contributed by atoms with Crippen LogP contribution in [-0.4, -0.2) is 42.9 Å². The highest BCUT2D eigenvalue weighted by Crippen LogP contribution is 2.10. The summed E-state index contributed by atoms with van der Waals surface area (Å²) in [5.74, 6) is 0. The lowest BCUT2D eigenvalue weighted by Crippen LogP contribution is -2.31. The zero-order valence-corrected chi connectivity index (χ0v) is 10.9. The smallest absolute Gasteiger partial charge is 0.379 e. The summed E-state index contributed by atoms with van der Waals surface area (Å²) in [5.41, 5.74) is 10.9. The molecule has 0 fully saturated rings. The molecule has 0 amide bonds. The molecule has 0 saturated carbocycles. The van der Waals surface area contributed by atoms with Gasteiger partial charge in [0.15, 0.2) is 0 Å². The first-order chi connectivity index (χ1) is 7.28. The van der Waals surface area contributed by atoms with E-state index in [4.69, 9.17) is 24.7 Å². The van der Waals surface area contributed by atoms with E-state index in [9.17, 15) is 0 Å². The van der Waals surface area contributed by atoms with Crippen LogP contribution in [0.1, 0.15) is 25.7 Å². The minimum atomic E-state index is -1.92. The molecule has 0 saturated heterocycles. The van der Waals surface area contributed by atoms with Gasteiger partial charge in [0.2, 0.25) is 0 Å². The second-order valence-corrected chi connectivity index (χ2v) is 5.17. The number of hydrogen-bond donors (Lipinski definition) is 2. The van der Waals surface area contributed by atoms with Crippen LogP contribution in [0.3, 0.4) is 0 Å². The monoisotopic (exact) mass is 236 g/mol. The van der Waals surface area contributed by atoms with Gasteiger partial charge in [-0.2, -0.15) is 0 Å². The van der Waals surface area contributed by atoms with E-state index in [0.29, 0.717) is 13.1 Å². The van der Waals surface area contributed by atoms with Crippen LogP contribution in [0.15, 0.2) is 0 Å². The highest BCUT2D eigenvalue weighted by Gasteiger charge is 2.18. The maximum atomic E-state index is 5.74. The third-order valence-electron chi connectivity index (χ3n) is 2.15. The predicted molar refractivity (Wildman–Crippen MR) is 62.6 cm³/mol. The molecule has 5 nitrogen and oxygen atoms in total. The van der Waals surface area contributed by atoms with Gasteiger partial charge in [-0.05, 0) is 38.8 Å². The fraction of sp³-hybridized carbons (Fsp3) is 1.00. The Kier molecular flexibility index (Phi) is 10.5. The van der Waals surface area contributed by atoms with Crippen LogP contribution in [0.5, 0.6) is 0 Å². The van der Waals surface area contributed by atoms with Crippen LogP contribution < -0.4 is 11.5 Å². The lowest BCUT2D eigenvalue weighted by molar-refractivity contribution is 0.0751. The Bertz CT molecular complexity index is 129. The molecule has 0 rings (SSSR count). The Morgan fingerprint density at radius 3 is 1.80 bits per heavy atom. The first-order valence-corrected chi connectivity index (χ1v) is 6.81. The Morgan fingerprint density at radius 1 is 1.00 bits per heavy atom. The van der Waals surface area contributed by atoms with E-state index in [0.717, 1.165) is 25.7 Å². The van der Waals surface area contributed by atoms with Gasteiger partial charge in [0.1, 0.15) is 0 Å². The second-order valence-electron chi connectivity index (χ2n) is 3.38. The Morgan fingerprint density at radius 2 is 1.47 bits per heavy atom. The van der Waals surface area contributed by atoms with Crippen molar-refractivity contribution >= 4 is 9.53 Å². The molecule has 0 aliphatic carbocycles. The Hall–Kier alpha value is 0.0169. The molecule has 6 heteroatoms. The van der Waals surface area contributed by atoms with Gasteiger partial charge in [-0.15, -0.1) is 0 Å². The fourth-order valence-electron chi connectivity index (χ4n) is 1.34. The molecule has 15 heavy (non-hydrogen) atoms. The van der Waals surface area contributed by atoms with Crippen LogP contribution >= 0.6 is 0 Å². The third kappa shape index (κ3) is 7.89. The highest BCUT2D eigenvalue weighted by molar-refractivity contribution is 6.36. The summed E-state index contributed by atoms with van der Waals surface area (Å²) < 4.78 is 16.0. The summed E-state index contributed by atoms with van der Waals surface area (Å²) >= 11 is 0. The van der Waals surface area contributed by atoms with Crippen molar-refractivity contribution in [2.24, 2.45) is 11.5 Å². The van der Waals surface area contributed by atoms with Crippen molar-refractivity contribution in [3.05, 3.63) is 0 Å². The van der Waals surface area contributed by atoms with Crippen molar-refractivity contribution in [3.8, 4) is 0 Å². The zero-order valence-electron chi connectivity index (χ0n) is 9.78. The maximum Gasteiger partial charge on any atom is 0.483 e. The van der Waals surface area contributed by atoms with Gasteiger partial charge in [0, 0.05) is 20.3 Å². The van der Waals surface area contributed by atoms with Crippen molar-refractivity contribution in [2.75, 3.05) is 27.3 Å². The fourth-order valence-corrected chi connectivity index (χ4v) is 2.34. The van der Waals surface area contributed by atoms with E-state index in [1.165, 1.54) is 0 Å². The molecule has 0 aromatic heterocycles. The number of nitrogens with two attached hydrogens (primary N) is 2. The highest BCUT2D eigenvalue weighted by atomic mass is 28.3. The summed E-state index contributed by atoms with van der Waals surface area (Å²) in [6, 6.07) is 0. The van der Waals surface area contributed by atoms with Crippen molar-refractivity contribution in [2.45, 2.75) is 31.8 Å². The lowest BCUT2D eigenvalue weighted by Gasteiger charge is -2.21. The van der Waals surface area contributed by atoms with Crippen LogP contribution in [0.25, 0.3) is 0 Å². The average molecular weight is 236 g/mol. The molecule has 0 heterocycles. The van der Waals surface area contributed by atoms with Crippen LogP contribution in [0, 0.1) is 0 Å². The molecule has 0 aliphatic rings. The summed E-state index contributed by atoms with van der Waals surface area (Å²) in [7, 11) is 1.31. The predicted octanol–water partition coefficient (Wildman–Crippen LogP) is -0.141. The van der Waals surface area contributed by atoms with E-state index in [1.807, 2.05) is 0 Å². The molecule has 0 spiro atoms. The molecule has 0 radical (unpaired) electrons. The number of rotatable bonds is 10. The molecule has 0 aromatic rings. The minimum Gasteiger partial charge on any atom is -0.379 e. The van der Waals surface area contributed by atoms with Crippen LogP contribution in [-0.2, 0) is 13.3 Å². The molecule has 0 unspecified atom stereocenters. The van der Waals surface area contributed by atoms with Crippen molar-refractivity contribution in [3.63, 3.8) is 0 Å². The summed E-state index contributed by atoms with van der Waals surface area (Å²) in [5, 5.41) is 0. The standard InChI is InChI=1S/C9H24N2O3Si/c1-12-15(13-2)14-9(5-3-7-10)6-4-8-11/h9,15H,3-8,10-11H2,1-2H3. The van der Waals surface area contributed by atoms with Gasteiger partial charge in [-0.1, -0.05) is 0 Å². The first-order valence-electron chi connectivity index (χ1n) is 5.39. The second kappa shape index (κ2) is 10.5. The van der Waals surface area contributed by atoms with E-state index in [2.05, 4.69) is 0 Å². The largest absolute Gasteiger partial charge is 0.483 e. The summed E-state index contributed by atoms with van der Waals surface area (Å²) in [6.45, 7) is 1.38. The maximum absolute atomic E-state index is 5.74. The molecular formula is C9H24N2O3Si. The van der Waals surface area contributed by atoms with Gasteiger partial charge < -0.3 is 24.7 Å². The molecule has 4 N–H and O–H groups in total. The van der Waals surface area contributed by atoms with Crippen molar-refractivity contribution in [1.82, 2.24) is 0 Å². The third-order valence-corrected chi connectivity index (χ3v) is 3.53. The van der Waals surface area contributed by atoms with E-state index >= 15 is 0 Å². The Balaban J connectivity index is 3.86. The van der Waals surface area contributed by atoms with Crippen molar-refractivity contribution < 1.29 is 13.3 Å². The average Bonchev–Trinajstić information content (AvgIpc) is 2.28. The van der Waals surface area contributed by atoms with Crippen molar-refractivity contribution in [1.29, 1.82) is 0 Å². The SMILES string of the molecule is CO[SiH](OC)OC(CCCN)CCCN. The van der Waals surface area contributed by atoms with Gasteiger partial charge in [-0.25, -0.2) is 0 Å². The normalized spacial score (nSPS) is 11.6. The van der Waals surface area contributed by atoms with Gasteiger partial charge >= 0.3 is 9.53 Å². The molecule has 92 valence electrons. The van der Waals surface area contributed by atoms with E-state index in [1.54, 1.807) is 14.2 Å². The molecule has 0 bridgehead atoms. The van der Waals surface area contributed by atoms with Crippen LogP contribution in [0.4, 0.5) is 0 Å². The van der Waals surface area contributed by atoms with Gasteiger partial charge in [0.05, 0.1) is 0 Å². The minimum absolute atomic E-state index is 0.175. The lowest BCUT2D eigenvalue weighted by atomic mass is 10.1. The topological polar surface area (TPSA) is 79.7 Å². The van der Waals surface area contributed by atoms with E-state index < -0.39 is 9.53 Å². The van der Waals surface area contributed by atoms with E-state index in [-0.39, 0.29) is 6.10 Å². The van der Waals surface area contributed by atoms with Crippen LogP contribution in [0.2, 0.25) is 0 Å². The number of hydrogen-bond acceptors (Lipinski definition) is 5. The van der Waals surface area contributed by atoms with Gasteiger partial charge in [-0.3, -0.25) is 0 Å². The first kappa shape index (κ1) is 15.0. The quantitative estimate of drug-likeness (QED) is 0.516. The van der Waals surface area contributed by atoms with Gasteiger partial charge in [0.25, 0.3) is 0 Å². The molecule has 0 aliphatic heterocycles.